The molecule has 0 unspecified atom stereocenters. The summed E-state index contributed by atoms with van der Waals surface area (Å²) in [6, 6.07) is 8.23. The van der Waals surface area contributed by atoms with Gasteiger partial charge in [-0.2, -0.15) is 0 Å². The summed E-state index contributed by atoms with van der Waals surface area (Å²) in [7, 11) is 0. The number of nitrogens with one attached hydrogen (secondary N) is 2. The lowest BCUT2D eigenvalue weighted by Crippen LogP contribution is -2.17. The number of anilines is 1. The molecule has 0 radical (unpaired) electrons. The molecule has 1 aromatic heterocycles. The Kier molecular flexibility index (Phi) is 3.98. The number of hydrogen-bond donors (Lipinski definition) is 2. The van der Waals surface area contributed by atoms with Gasteiger partial charge in [0.15, 0.2) is 5.82 Å². The number of thioether (sulfide) groups is 1. The molecule has 2 N–H and O–H groups in total. The Labute approximate surface area is 135 Å². The summed E-state index contributed by atoms with van der Waals surface area (Å²) in [6.45, 7) is 1.73. The van der Waals surface area contributed by atoms with Gasteiger partial charge in [0.25, 0.3) is 17.1 Å². The number of carbonyl (C=O) groups is 3. The number of imide groups is 1. The third-order valence-electron chi connectivity index (χ3n) is 2.98. The van der Waals surface area contributed by atoms with E-state index in [0.717, 1.165) is 11.8 Å². The van der Waals surface area contributed by atoms with E-state index in [1.54, 1.807) is 43.3 Å². The summed E-state index contributed by atoms with van der Waals surface area (Å²) in [6.07, 6.45) is 1.59. The normalized spacial score (nSPS) is 15.8. The van der Waals surface area contributed by atoms with Crippen LogP contribution in [0.2, 0.25) is 0 Å². The molecule has 0 spiro atoms. The number of aryl methyl sites for hydroxylation is 1. The lowest BCUT2D eigenvalue weighted by molar-refractivity contribution is -0.115. The Morgan fingerprint density at radius 2 is 2.04 bits per heavy atom. The Morgan fingerprint density at radius 1 is 1.30 bits per heavy atom. The summed E-state index contributed by atoms with van der Waals surface area (Å²) in [5.74, 6) is 0.212. The summed E-state index contributed by atoms with van der Waals surface area (Å²) < 4.78 is 4.87. The number of rotatable bonds is 3. The van der Waals surface area contributed by atoms with Crippen molar-refractivity contribution in [3.05, 3.63) is 52.1 Å². The van der Waals surface area contributed by atoms with Gasteiger partial charge in [-0.15, -0.1) is 0 Å². The second kappa shape index (κ2) is 6.09. The van der Waals surface area contributed by atoms with E-state index in [9.17, 15) is 14.4 Å². The van der Waals surface area contributed by atoms with Gasteiger partial charge in [-0.1, -0.05) is 17.3 Å². The lowest BCUT2D eigenvalue weighted by Gasteiger charge is -2.02. The zero-order valence-electron chi connectivity index (χ0n) is 12.0. The third-order valence-corrected chi connectivity index (χ3v) is 3.79. The molecule has 1 aromatic carbocycles. The summed E-state index contributed by atoms with van der Waals surface area (Å²) in [5.41, 5.74) is 1.15. The van der Waals surface area contributed by atoms with Gasteiger partial charge in [0, 0.05) is 11.6 Å². The standard InChI is InChI=1S/C15H11N3O4S/c1-8-6-12(18-22-8)16-13(19)10-4-2-9(3-5-10)7-11-14(20)17-15(21)23-11/h2-7H,1H3,(H,16,18,19)(H,17,20,21)/b11-7+. The van der Waals surface area contributed by atoms with Crippen LogP contribution in [0.1, 0.15) is 21.7 Å². The number of hydrogen-bond acceptors (Lipinski definition) is 6. The van der Waals surface area contributed by atoms with E-state index in [2.05, 4.69) is 15.8 Å². The maximum absolute atomic E-state index is 12.1. The van der Waals surface area contributed by atoms with Crippen molar-refractivity contribution in [2.45, 2.75) is 6.92 Å². The number of nitrogens with zero attached hydrogens (tertiary/aromatic N) is 1. The first kappa shape index (κ1) is 15.0. The van der Waals surface area contributed by atoms with Crippen LogP contribution in [0.4, 0.5) is 10.6 Å². The largest absolute Gasteiger partial charge is 0.360 e. The Hall–Kier alpha value is -2.87. The molecule has 3 rings (SSSR count). The SMILES string of the molecule is Cc1cc(NC(=O)c2ccc(/C=C3/SC(=O)NC3=O)cc2)no1. The second-order valence-corrected chi connectivity index (χ2v) is 5.77. The predicted octanol–water partition coefficient (Wildman–Crippen LogP) is 2.56. The highest BCUT2D eigenvalue weighted by molar-refractivity contribution is 8.18. The minimum Gasteiger partial charge on any atom is -0.360 e. The van der Waals surface area contributed by atoms with Gasteiger partial charge < -0.3 is 9.84 Å². The lowest BCUT2D eigenvalue weighted by atomic mass is 10.1. The van der Waals surface area contributed by atoms with E-state index in [0.29, 0.717) is 27.6 Å². The highest BCUT2D eigenvalue weighted by Crippen LogP contribution is 2.25. The van der Waals surface area contributed by atoms with Crippen LogP contribution in [0.5, 0.6) is 0 Å². The van der Waals surface area contributed by atoms with E-state index in [1.165, 1.54) is 0 Å². The molecular formula is C15H11N3O4S. The van der Waals surface area contributed by atoms with Gasteiger partial charge in [-0.3, -0.25) is 19.7 Å². The van der Waals surface area contributed by atoms with Crippen LogP contribution in [0.25, 0.3) is 6.08 Å². The van der Waals surface area contributed by atoms with Gasteiger partial charge >= 0.3 is 0 Å². The van der Waals surface area contributed by atoms with Crippen molar-refractivity contribution in [3.63, 3.8) is 0 Å². The summed E-state index contributed by atoms with van der Waals surface area (Å²) in [5, 5.41) is 8.09. The monoisotopic (exact) mass is 329 g/mol. The summed E-state index contributed by atoms with van der Waals surface area (Å²) >= 11 is 0.847. The van der Waals surface area contributed by atoms with E-state index >= 15 is 0 Å². The van der Waals surface area contributed by atoms with Crippen LogP contribution < -0.4 is 10.6 Å². The quantitative estimate of drug-likeness (QED) is 0.839. The molecule has 23 heavy (non-hydrogen) atoms. The van der Waals surface area contributed by atoms with Crippen LogP contribution in [0, 0.1) is 6.92 Å². The van der Waals surface area contributed by atoms with E-state index in [-0.39, 0.29) is 11.1 Å². The fourth-order valence-corrected chi connectivity index (χ4v) is 2.60. The van der Waals surface area contributed by atoms with Crippen molar-refractivity contribution >= 4 is 40.7 Å². The molecule has 8 heteroatoms. The molecule has 2 aromatic rings. The van der Waals surface area contributed by atoms with E-state index < -0.39 is 5.91 Å². The molecule has 1 aliphatic heterocycles. The molecule has 0 bridgehead atoms. The summed E-state index contributed by atoms with van der Waals surface area (Å²) in [4.78, 5) is 34.9. The smallest absolute Gasteiger partial charge is 0.290 e. The van der Waals surface area contributed by atoms with Crippen LogP contribution in [-0.2, 0) is 4.79 Å². The van der Waals surface area contributed by atoms with E-state index in [1.807, 2.05) is 0 Å². The van der Waals surface area contributed by atoms with Crippen LogP contribution >= 0.6 is 11.8 Å². The van der Waals surface area contributed by atoms with Crippen LogP contribution in [0.3, 0.4) is 0 Å². The van der Waals surface area contributed by atoms with E-state index in [4.69, 9.17) is 4.52 Å². The van der Waals surface area contributed by atoms with Gasteiger partial charge in [-0.25, -0.2) is 0 Å². The van der Waals surface area contributed by atoms with Gasteiger partial charge in [-0.05, 0) is 42.5 Å². The zero-order valence-corrected chi connectivity index (χ0v) is 12.8. The molecule has 7 nitrogen and oxygen atoms in total. The van der Waals surface area contributed by atoms with Gasteiger partial charge in [0.1, 0.15) is 5.76 Å². The number of benzene rings is 1. The highest BCUT2D eigenvalue weighted by atomic mass is 32.2. The second-order valence-electron chi connectivity index (χ2n) is 4.75. The number of amides is 3. The van der Waals surface area contributed by atoms with Crippen molar-refractivity contribution in [1.82, 2.24) is 10.5 Å². The third kappa shape index (κ3) is 3.49. The Bertz CT molecular complexity index is 824. The zero-order chi connectivity index (χ0) is 16.4. The molecular weight excluding hydrogens is 318 g/mol. The van der Waals surface area contributed by atoms with Crippen molar-refractivity contribution in [3.8, 4) is 0 Å². The minimum atomic E-state index is -0.414. The maximum atomic E-state index is 12.1. The Balaban J connectivity index is 1.72. The molecule has 0 atom stereocenters. The average molecular weight is 329 g/mol. The number of carbonyl (C=O) groups excluding carboxylic acids is 3. The predicted molar refractivity (Wildman–Crippen MR) is 84.7 cm³/mol. The molecule has 1 fully saturated rings. The fraction of sp³-hybridized carbons (Fsp3) is 0.0667. The fourth-order valence-electron chi connectivity index (χ4n) is 1.92. The topological polar surface area (TPSA) is 101 Å². The molecule has 116 valence electrons. The van der Waals surface area contributed by atoms with Gasteiger partial charge in [0.2, 0.25) is 0 Å². The van der Waals surface area contributed by atoms with Crippen LogP contribution in [-0.4, -0.2) is 22.2 Å². The first-order chi connectivity index (χ1) is 11.0. The maximum Gasteiger partial charge on any atom is 0.290 e. The van der Waals surface area contributed by atoms with Crippen LogP contribution in [0.15, 0.2) is 39.8 Å². The van der Waals surface area contributed by atoms with Crippen molar-refractivity contribution in [2.75, 3.05) is 5.32 Å². The molecule has 0 aliphatic carbocycles. The molecule has 2 heterocycles. The first-order valence-corrected chi connectivity index (χ1v) is 7.42. The van der Waals surface area contributed by atoms with Crippen molar-refractivity contribution < 1.29 is 18.9 Å². The molecule has 0 saturated carbocycles. The van der Waals surface area contributed by atoms with Crippen molar-refractivity contribution in [2.24, 2.45) is 0 Å². The molecule has 3 amide bonds. The average Bonchev–Trinajstić information content (AvgIpc) is 3.05. The molecule has 1 aliphatic rings. The van der Waals surface area contributed by atoms with Gasteiger partial charge in [0.05, 0.1) is 4.91 Å². The first-order valence-electron chi connectivity index (χ1n) is 6.61. The van der Waals surface area contributed by atoms with Crippen molar-refractivity contribution in [1.29, 1.82) is 0 Å². The highest BCUT2D eigenvalue weighted by Gasteiger charge is 2.24. The Morgan fingerprint density at radius 3 is 2.61 bits per heavy atom. The molecule has 1 saturated heterocycles. The number of aromatic nitrogens is 1. The minimum absolute atomic E-state index is 0.319.